The molecule has 6 heteroatoms. The molecule has 1 aliphatic heterocycles. The highest BCUT2D eigenvalue weighted by Crippen LogP contribution is 2.27. The zero-order valence-electron chi connectivity index (χ0n) is 12.4. The summed E-state index contributed by atoms with van der Waals surface area (Å²) in [6.45, 7) is 0. The maximum absolute atomic E-state index is 13.4. The average molecular weight is 325 g/mol. The molecule has 120 valence electrons. The van der Waals surface area contributed by atoms with Crippen molar-refractivity contribution in [2.75, 3.05) is 5.32 Å². The number of Topliss-reactive ketones (excluding diaryl/α,β-unsaturated/α-hetero) is 1. The lowest BCUT2D eigenvalue weighted by molar-refractivity contribution is -0.115. The van der Waals surface area contributed by atoms with E-state index >= 15 is 0 Å². The van der Waals surface area contributed by atoms with Crippen LogP contribution in [0.3, 0.4) is 0 Å². The number of aromatic carboxylic acids is 1. The molecule has 1 amide bonds. The second kappa shape index (κ2) is 6.08. The normalized spacial score (nSPS) is 15.6. The molecular weight excluding hydrogens is 313 g/mol. The fraction of sp³-hybridized carbons (Fsp3) is 0.0556. The van der Waals surface area contributed by atoms with Crippen LogP contribution in [-0.2, 0) is 4.79 Å². The summed E-state index contributed by atoms with van der Waals surface area (Å²) in [4.78, 5) is 35.4. The molecule has 0 fully saturated rings. The van der Waals surface area contributed by atoms with Crippen LogP contribution in [0.2, 0.25) is 0 Å². The van der Waals surface area contributed by atoms with Gasteiger partial charge in [-0.3, -0.25) is 9.59 Å². The summed E-state index contributed by atoms with van der Waals surface area (Å²) < 4.78 is 13.4. The molecule has 2 aromatic carbocycles. The Bertz CT molecular complexity index is 884. The molecule has 5 nitrogen and oxygen atoms in total. The predicted octanol–water partition coefficient (Wildman–Crippen LogP) is 3.13. The molecule has 3 rings (SSSR count). The summed E-state index contributed by atoms with van der Waals surface area (Å²) >= 11 is 0. The van der Waals surface area contributed by atoms with Crippen LogP contribution in [0, 0.1) is 5.82 Å². The number of nitrogens with one attached hydrogen (secondary N) is 1. The van der Waals surface area contributed by atoms with E-state index in [1.165, 1.54) is 30.3 Å². The summed E-state index contributed by atoms with van der Waals surface area (Å²) in [5.74, 6) is -2.43. The van der Waals surface area contributed by atoms with Crippen molar-refractivity contribution in [1.29, 1.82) is 0 Å². The smallest absolute Gasteiger partial charge is 0.335 e. The quantitative estimate of drug-likeness (QED) is 0.831. The molecule has 2 aromatic rings. The number of carbonyl (C=O) groups excluding carboxylic acids is 2. The molecule has 0 unspecified atom stereocenters. The lowest BCUT2D eigenvalue weighted by Gasteiger charge is -2.05. The molecule has 0 saturated carbocycles. The Hall–Kier alpha value is -3.28. The van der Waals surface area contributed by atoms with Gasteiger partial charge in [0, 0.05) is 11.1 Å². The summed E-state index contributed by atoms with van der Waals surface area (Å²) in [7, 11) is 0. The molecule has 0 aromatic heterocycles. The van der Waals surface area contributed by atoms with Crippen LogP contribution in [0.1, 0.15) is 32.7 Å². The van der Waals surface area contributed by atoms with Crippen LogP contribution in [0.5, 0.6) is 0 Å². The average Bonchev–Trinajstić information content (AvgIpc) is 2.66. The lowest BCUT2D eigenvalue weighted by atomic mass is 9.98. The van der Waals surface area contributed by atoms with Crippen molar-refractivity contribution in [3.05, 3.63) is 70.5 Å². The van der Waals surface area contributed by atoms with Gasteiger partial charge in [-0.25, -0.2) is 9.18 Å². The second-order valence-electron chi connectivity index (χ2n) is 5.34. The van der Waals surface area contributed by atoms with Gasteiger partial charge < -0.3 is 10.4 Å². The first-order valence-electron chi connectivity index (χ1n) is 7.12. The number of fused-ring (bicyclic) bond motifs is 1. The third-order valence-corrected chi connectivity index (χ3v) is 3.64. The first-order chi connectivity index (χ1) is 11.4. The summed E-state index contributed by atoms with van der Waals surface area (Å²) in [6.07, 6.45) is 1.36. The molecule has 0 aliphatic carbocycles. The van der Waals surface area contributed by atoms with Gasteiger partial charge in [-0.2, -0.15) is 0 Å². The van der Waals surface area contributed by atoms with Crippen LogP contribution in [0.4, 0.5) is 10.1 Å². The number of ketones is 1. The van der Waals surface area contributed by atoms with E-state index in [0.29, 0.717) is 5.56 Å². The molecule has 0 bridgehead atoms. The van der Waals surface area contributed by atoms with Gasteiger partial charge in [-0.15, -0.1) is 0 Å². The predicted molar refractivity (Wildman–Crippen MR) is 85.4 cm³/mol. The van der Waals surface area contributed by atoms with Crippen molar-refractivity contribution in [2.45, 2.75) is 6.42 Å². The van der Waals surface area contributed by atoms with E-state index in [9.17, 15) is 18.8 Å². The number of hydrogen-bond donors (Lipinski definition) is 2. The van der Waals surface area contributed by atoms with Crippen LogP contribution < -0.4 is 5.32 Å². The van der Waals surface area contributed by atoms with Crippen LogP contribution in [0.15, 0.2) is 48.0 Å². The van der Waals surface area contributed by atoms with E-state index in [2.05, 4.69) is 5.32 Å². The second-order valence-corrected chi connectivity index (χ2v) is 5.34. The first-order valence-corrected chi connectivity index (χ1v) is 7.12. The monoisotopic (exact) mass is 325 g/mol. The topological polar surface area (TPSA) is 83.5 Å². The van der Waals surface area contributed by atoms with Crippen molar-refractivity contribution < 1.29 is 23.9 Å². The summed E-state index contributed by atoms with van der Waals surface area (Å²) in [6, 6.07) is 9.51. The van der Waals surface area contributed by atoms with Gasteiger partial charge in [0.2, 0.25) is 5.91 Å². The minimum atomic E-state index is -1.05. The third kappa shape index (κ3) is 3.08. The molecule has 0 saturated heterocycles. The van der Waals surface area contributed by atoms with Gasteiger partial charge >= 0.3 is 5.97 Å². The summed E-state index contributed by atoms with van der Waals surface area (Å²) in [5, 5.41) is 11.5. The number of carboxylic acids is 1. The molecule has 2 N–H and O–H groups in total. The third-order valence-electron chi connectivity index (χ3n) is 3.64. The zero-order chi connectivity index (χ0) is 17.3. The van der Waals surface area contributed by atoms with Gasteiger partial charge in [0.15, 0.2) is 5.78 Å². The molecule has 0 radical (unpaired) electrons. The Balaban J connectivity index is 2.01. The Morgan fingerprint density at radius 1 is 1.12 bits per heavy atom. The maximum atomic E-state index is 13.4. The van der Waals surface area contributed by atoms with E-state index in [1.807, 2.05) is 0 Å². The minimum Gasteiger partial charge on any atom is -0.478 e. The summed E-state index contributed by atoms with van der Waals surface area (Å²) in [5.41, 5.74) is 1.27. The Labute approximate surface area is 136 Å². The largest absolute Gasteiger partial charge is 0.478 e. The van der Waals surface area contributed by atoms with Crippen LogP contribution >= 0.6 is 0 Å². The maximum Gasteiger partial charge on any atom is 0.335 e. The molecular formula is C18H12FNO4. The van der Waals surface area contributed by atoms with E-state index in [4.69, 9.17) is 5.11 Å². The van der Waals surface area contributed by atoms with Crippen LogP contribution in [-0.4, -0.2) is 22.8 Å². The zero-order valence-corrected chi connectivity index (χ0v) is 12.4. The van der Waals surface area contributed by atoms with Crippen molar-refractivity contribution in [3.63, 3.8) is 0 Å². The highest BCUT2D eigenvalue weighted by Gasteiger charge is 2.24. The molecule has 24 heavy (non-hydrogen) atoms. The molecule has 1 heterocycles. The van der Waals surface area contributed by atoms with Crippen molar-refractivity contribution in [3.8, 4) is 0 Å². The van der Waals surface area contributed by atoms with Crippen molar-refractivity contribution >= 4 is 29.4 Å². The Kier molecular flexibility index (Phi) is 3.95. The fourth-order valence-corrected chi connectivity index (χ4v) is 2.47. The van der Waals surface area contributed by atoms with Crippen LogP contribution in [0.25, 0.3) is 6.08 Å². The molecule has 0 spiro atoms. The van der Waals surface area contributed by atoms with Gasteiger partial charge in [-0.05, 0) is 42.0 Å². The standard InChI is InChI=1S/C18H12FNO4/c19-13-5-6-15-14(9-13)17(22)12(8-16(21)20-15)7-10-1-3-11(4-2-10)18(23)24/h1-7,9H,8H2,(H,20,21)(H,23,24)/b12-7-. The number of amides is 1. The highest BCUT2D eigenvalue weighted by molar-refractivity contribution is 6.20. The number of carbonyl (C=O) groups is 3. The molecule has 0 atom stereocenters. The van der Waals surface area contributed by atoms with E-state index in [-0.39, 0.29) is 34.7 Å². The van der Waals surface area contributed by atoms with Gasteiger partial charge in [0.1, 0.15) is 5.82 Å². The fourth-order valence-electron chi connectivity index (χ4n) is 2.47. The lowest BCUT2D eigenvalue weighted by Crippen LogP contribution is -2.10. The minimum absolute atomic E-state index is 0.0919. The molecule has 1 aliphatic rings. The van der Waals surface area contributed by atoms with Gasteiger partial charge in [-0.1, -0.05) is 12.1 Å². The SMILES string of the molecule is O=C1C/C(=C/c2ccc(C(=O)O)cc2)C(=O)c2cc(F)ccc2N1. The Morgan fingerprint density at radius 3 is 2.50 bits per heavy atom. The number of rotatable bonds is 2. The Morgan fingerprint density at radius 2 is 1.83 bits per heavy atom. The van der Waals surface area contributed by atoms with Crippen molar-refractivity contribution in [1.82, 2.24) is 0 Å². The number of halogens is 1. The van der Waals surface area contributed by atoms with Gasteiger partial charge in [0.25, 0.3) is 0 Å². The van der Waals surface area contributed by atoms with E-state index in [0.717, 1.165) is 6.07 Å². The van der Waals surface area contributed by atoms with Crippen molar-refractivity contribution in [2.24, 2.45) is 0 Å². The van der Waals surface area contributed by atoms with E-state index < -0.39 is 17.6 Å². The number of benzene rings is 2. The number of anilines is 1. The number of carboxylic acid groups (broad SMARTS) is 1. The number of hydrogen-bond acceptors (Lipinski definition) is 3. The first kappa shape index (κ1) is 15.6. The van der Waals surface area contributed by atoms with E-state index in [1.54, 1.807) is 12.1 Å². The van der Waals surface area contributed by atoms with Gasteiger partial charge in [0.05, 0.1) is 17.7 Å². The highest BCUT2D eigenvalue weighted by atomic mass is 19.1.